The smallest absolute Gasteiger partial charge is 0.226 e. The molecular formula is C18H29NO. The first-order valence-electron chi connectivity index (χ1n) is 8.14. The van der Waals surface area contributed by atoms with Crippen LogP contribution in [-0.2, 0) is 4.79 Å². The predicted molar refractivity (Wildman–Crippen MR) is 83.0 cm³/mol. The molecule has 0 heterocycles. The number of carbonyl (C=O) groups excluding carboxylic acids is 1. The van der Waals surface area contributed by atoms with Crippen LogP contribution in [0.2, 0.25) is 0 Å². The summed E-state index contributed by atoms with van der Waals surface area (Å²) in [5, 5.41) is 0. The largest absolute Gasteiger partial charge is 0.331 e. The Bertz CT molecular complexity index is 375. The van der Waals surface area contributed by atoms with E-state index in [2.05, 4.69) is 26.7 Å². The van der Waals surface area contributed by atoms with Crippen molar-refractivity contribution >= 4 is 5.91 Å². The van der Waals surface area contributed by atoms with E-state index in [1.165, 1.54) is 25.7 Å². The third-order valence-electron chi connectivity index (χ3n) is 5.07. The second-order valence-corrected chi connectivity index (χ2v) is 7.78. The average Bonchev–Trinajstić information content (AvgIpc) is 3.20. The van der Waals surface area contributed by atoms with Crippen molar-refractivity contribution in [3.8, 4) is 12.3 Å². The van der Waals surface area contributed by atoms with Gasteiger partial charge < -0.3 is 4.90 Å². The van der Waals surface area contributed by atoms with Gasteiger partial charge in [-0.3, -0.25) is 4.79 Å². The molecule has 2 rings (SSSR count). The number of rotatable bonds is 4. The molecule has 0 aromatic heterocycles. The average molecular weight is 275 g/mol. The van der Waals surface area contributed by atoms with Crippen molar-refractivity contribution in [2.45, 2.75) is 59.3 Å². The lowest BCUT2D eigenvalue weighted by Gasteiger charge is -2.37. The first-order valence-corrected chi connectivity index (χ1v) is 8.14. The second kappa shape index (κ2) is 6.20. The number of terminal acetylenes is 1. The van der Waals surface area contributed by atoms with Crippen molar-refractivity contribution in [3.05, 3.63) is 0 Å². The molecule has 0 aliphatic heterocycles. The van der Waals surface area contributed by atoms with Gasteiger partial charge in [-0.25, -0.2) is 0 Å². The monoisotopic (exact) mass is 275 g/mol. The van der Waals surface area contributed by atoms with Crippen molar-refractivity contribution in [2.24, 2.45) is 23.2 Å². The van der Waals surface area contributed by atoms with E-state index in [1.807, 2.05) is 4.90 Å². The minimum Gasteiger partial charge on any atom is -0.331 e. The van der Waals surface area contributed by atoms with Crippen LogP contribution >= 0.6 is 0 Å². The molecule has 0 unspecified atom stereocenters. The van der Waals surface area contributed by atoms with Gasteiger partial charge in [-0.1, -0.05) is 26.7 Å². The Morgan fingerprint density at radius 3 is 2.20 bits per heavy atom. The van der Waals surface area contributed by atoms with Crippen LogP contribution in [0.15, 0.2) is 0 Å². The SMILES string of the molecule is C#CCN(CC1CC1)C(=O)C1CCC(C(C)(C)C)CC1. The molecule has 20 heavy (non-hydrogen) atoms. The van der Waals surface area contributed by atoms with Crippen molar-refractivity contribution in [1.29, 1.82) is 0 Å². The Morgan fingerprint density at radius 2 is 1.75 bits per heavy atom. The quantitative estimate of drug-likeness (QED) is 0.716. The fraction of sp³-hybridized carbons (Fsp3) is 0.833. The van der Waals surface area contributed by atoms with E-state index in [0.29, 0.717) is 17.9 Å². The summed E-state index contributed by atoms with van der Waals surface area (Å²) < 4.78 is 0. The van der Waals surface area contributed by atoms with Crippen LogP contribution in [-0.4, -0.2) is 23.9 Å². The highest BCUT2D eigenvalue weighted by molar-refractivity contribution is 5.79. The van der Waals surface area contributed by atoms with E-state index in [4.69, 9.17) is 6.42 Å². The fourth-order valence-electron chi connectivity index (χ4n) is 3.42. The zero-order valence-electron chi connectivity index (χ0n) is 13.3. The summed E-state index contributed by atoms with van der Waals surface area (Å²) in [5.41, 5.74) is 0.376. The molecular weight excluding hydrogens is 246 g/mol. The van der Waals surface area contributed by atoms with E-state index in [-0.39, 0.29) is 5.92 Å². The van der Waals surface area contributed by atoms with E-state index >= 15 is 0 Å². The number of carbonyl (C=O) groups is 1. The number of nitrogens with zero attached hydrogens (tertiary/aromatic N) is 1. The van der Waals surface area contributed by atoms with Gasteiger partial charge in [0.15, 0.2) is 0 Å². The molecule has 0 aromatic carbocycles. The number of hydrogen-bond donors (Lipinski definition) is 0. The first-order chi connectivity index (χ1) is 9.41. The number of hydrogen-bond acceptors (Lipinski definition) is 1. The van der Waals surface area contributed by atoms with E-state index in [0.717, 1.165) is 31.2 Å². The lowest BCUT2D eigenvalue weighted by atomic mass is 9.69. The van der Waals surface area contributed by atoms with Gasteiger partial charge in [-0.05, 0) is 55.8 Å². The molecule has 0 spiro atoms. The first kappa shape index (κ1) is 15.4. The third-order valence-corrected chi connectivity index (χ3v) is 5.07. The number of amides is 1. The Kier molecular flexibility index (Phi) is 4.78. The van der Waals surface area contributed by atoms with Gasteiger partial charge in [0, 0.05) is 12.5 Å². The molecule has 0 bridgehead atoms. The topological polar surface area (TPSA) is 20.3 Å². The molecule has 0 saturated heterocycles. The van der Waals surface area contributed by atoms with E-state index in [1.54, 1.807) is 0 Å². The van der Waals surface area contributed by atoms with Crippen LogP contribution in [0.3, 0.4) is 0 Å². The molecule has 2 heteroatoms. The molecule has 112 valence electrons. The Balaban J connectivity index is 1.87. The minimum absolute atomic E-state index is 0.223. The summed E-state index contributed by atoms with van der Waals surface area (Å²) in [4.78, 5) is 14.6. The molecule has 2 fully saturated rings. The normalized spacial score (nSPS) is 26.9. The molecule has 2 nitrogen and oxygen atoms in total. The van der Waals surface area contributed by atoms with Gasteiger partial charge >= 0.3 is 0 Å². The van der Waals surface area contributed by atoms with Crippen LogP contribution in [0.5, 0.6) is 0 Å². The molecule has 2 aliphatic rings. The maximum absolute atomic E-state index is 12.6. The van der Waals surface area contributed by atoms with Crippen LogP contribution in [0.4, 0.5) is 0 Å². The van der Waals surface area contributed by atoms with Gasteiger partial charge in [-0.15, -0.1) is 6.42 Å². The summed E-state index contributed by atoms with van der Waals surface area (Å²) in [7, 11) is 0. The Labute approximate surface area is 124 Å². The van der Waals surface area contributed by atoms with Crippen LogP contribution in [0.25, 0.3) is 0 Å². The van der Waals surface area contributed by atoms with Gasteiger partial charge in [0.05, 0.1) is 6.54 Å². The maximum atomic E-state index is 12.6. The summed E-state index contributed by atoms with van der Waals surface area (Å²) in [6.45, 7) is 8.34. The molecule has 1 amide bonds. The van der Waals surface area contributed by atoms with Crippen molar-refractivity contribution in [3.63, 3.8) is 0 Å². The third kappa shape index (κ3) is 4.01. The molecule has 2 aliphatic carbocycles. The highest BCUT2D eigenvalue weighted by atomic mass is 16.2. The fourth-order valence-corrected chi connectivity index (χ4v) is 3.42. The van der Waals surface area contributed by atoms with Gasteiger partial charge in [0.25, 0.3) is 0 Å². The van der Waals surface area contributed by atoms with Crippen LogP contribution in [0.1, 0.15) is 59.3 Å². The molecule has 0 atom stereocenters. The van der Waals surface area contributed by atoms with Gasteiger partial charge in [0.2, 0.25) is 5.91 Å². The molecule has 0 aromatic rings. The molecule has 0 N–H and O–H groups in total. The Morgan fingerprint density at radius 1 is 1.15 bits per heavy atom. The van der Waals surface area contributed by atoms with Crippen molar-refractivity contribution in [2.75, 3.05) is 13.1 Å². The van der Waals surface area contributed by atoms with Gasteiger partial charge in [0.1, 0.15) is 0 Å². The predicted octanol–water partition coefficient (Wildman–Crippen LogP) is 3.71. The van der Waals surface area contributed by atoms with E-state index < -0.39 is 0 Å². The highest BCUT2D eigenvalue weighted by Crippen LogP contribution is 2.40. The van der Waals surface area contributed by atoms with Crippen LogP contribution in [0, 0.1) is 35.5 Å². The summed E-state index contributed by atoms with van der Waals surface area (Å²) in [6.07, 6.45) is 12.4. The minimum atomic E-state index is 0.223. The maximum Gasteiger partial charge on any atom is 0.226 e. The summed E-state index contributed by atoms with van der Waals surface area (Å²) in [6, 6.07) is 0. The standard InChI is InChI=1S/C18H29NO/c1-5-12-19(13-14-6-7-14)17(20)15-8-10-16(11-9-15)18(2,3)4/h1,14-16H,6-13H2,2-4H3. The molecule has 2 saturated carbocycles. The van der Waals surface area contributed by atoms with E-state index in [9.17, 15) is 4.79 Å². The highest BCUT2D eigenvalue weighted by Gasteiger charge is 2.35. The van der Waals surface area contributed by atoms with Crippen molar-refractivity contribution < 1.29 is 4.79 Å². The Hall–Kier alpha value is -0.970. The van der Waals surface area contributed by atoms with Crippen molar-refractivity contribution in [1.82, 2.24) is 4.90 Å². The summed E-state index contributed by atoms with van der Waals surface area (Å²) in [5.74, 6) is 4.68. The zero-order valence-corrected chi connectivity index (χ0v) is 13.3. The zero-order chi connectivity index (χ0) is 14.8. The second-order valence-electron chi connectivity index (χ2n) is 7.78. The van der Waals surface area contributed by atoms with Gasteiger partial charge in [-0.2, -0.15) is 0 Å². The lowest BCUT2D eigenvalue weighted by Crippen LogP contribution is -2.40. The van der Waals surface area contributed by atoms with Crippen LogP contribution < -0.4 is 0 Å². The summed E-state index contributed by atoms with van der Waals surface area (Å²) >= 11 is 0. The molecule has 0 radical (unpaired) electrons. The lowest BCUT2D eigenvalue weighted by molar-refractivity contribution is -0.136.